The number of ether oxygens (including phenoxy) is 2. The van der Waals surface area contributed by atoms with E-state index in [-0.39, 0.29) is 0 Å². The van der Waals surface area contributed by atoms with Gasteiger partial charge in [-0.1, -0.05) is 6.07 Å². The number of hydrogen-bond acceptors (Lipinski definition) is 7. The maximum Gasteiger partial charge on any atom is 0.212 e. The van der Waals surface area contributed by atoms with Crippen molar-refractivity contribution >= 4 is 11.6 Å². The molecule has 0 atom stereocenters. The van der Waals surface area contributed by atoms with Gasteiger partial charge in [-0.15, -0.1) is 0 Å². The third kappa shape index (κ3) is 3.79. The Labute approximate surface area is 117 Å². The van der Waals surface area contributed by atoms with Crippen LogP contribution in [0.5, 0.6) is 5.88 Å². The molecule has 0 bridgehead atoms. The first-order valence-electron chi connectivity index (χ1n) is 6.06. The third-order valence-electron chi connectivity index (χ3n) is 2.55. The highest BCUT2D eigenvalue weighted by molar-refractivity contribution is 5.45. The number of aromatic nitrogens is 3. The summed E-state index contributed by atoms with van der Waals surface area (Å²) in [6.45, 7) is 0.906. The van der Waals surface area contributed by atoms with E-state index in [1.54, 1.807) is 26.5 Å². The number of nitrogens with two attached hydrogens (primary N) is 1. The van der Waals surface area contributed by atoms with Gasteiger partial charge in [0.2, 0.25) is 5.88 Å². The molecule has 2 aromatic heterocycles. The molecule has 7 heteroatoms. The molecule has 0 fully saturated rings. The van der Waals surface area contributed by atoms with Crippen molar-refractivity contribution in [1.29, 1.82) is 0 Å². The van der Waals surface area contributed by atoms with Crippen LogP contribution in [0.2, 0.25) is 0 Å². The lowest BCUT2D eigenvalue weighted by Crippen LogP contribution is -2.07. The fourth-order valence-corrected chi connectivity index (χ4v) is 1.63. The van der Waals surface area contributed by atoms with Gasteiger partial charge >= 0.3 is 0 Å². The molecule has 2 heterocycles. The molecule has 2 aromatic rings. The molecule has 0 aliphatic heterocycles. The van der Waals surface area contributed by atoms with Gasteiger partial charge in [0.05, 0.1) is 7.11 Å². The normalized spacial score (nSPS) is 10.3. The molecule has 0 aliphatic rings. The minimum absolute atomic E-state index is 0.323. The molecule has 2 rings (SSSR count). The fourth-order valence-electron chi connectivity index (χ4n) is 1.63. The van der Waals surface area contributed by atoms with Crippen molar-refractivity contribution in [3.8, 4) is 5.88 Å². The Morgan fingerprint density at radius 1 is 1.25 bits per heavy atom. The van der Waals surface area contributed by atoms with Crippen molar-refractivity contribution in [2.24, 2.45) is 0 Å². The number of methoxy groups -OCH3 is 2. The Bertz CT molecular complexity index is 559. The molecule has 0 aliphatic carbocycles. The van der Waals surface area contributed by atoms with Crippen LogP contribution in [0, 0.1) is 0 Å². The average Bonchev–Trinajstić information content (AvgIpc) is 2.45. The largest absolute Gasteiger partial charge is 0.481 e. The van der Waals surface area contributed by atoms with Gasteiger partial charge in [-0.25, -0.2) is 15.0 Å². The van der Waals surface area contributed by atoms with E-state index in [1.165, 1.54) is 0 Å². The molecule has 0 spiro atoms. The van der Waals surface area contributed by atoms with Gasteiger partial charge in [0.1, 0.15) is 18.2 Å². The first-order chi connectivity index (χ1) is 9.71. The van der Waals surface area contributed by atoms with Gasteiger partial charge in [0.25, 0.3) is 0 Å². The van der Waals surface area contributed by atoms with E-state index >= 15 is 0 Å². The second kappa shape index (κ2) is 6.67. The summed E-state index contributed by atoms with van der Waals surface area (Å²) in [6, 6.07) is 5.41. The lowest BCUT2D eigenvalue weighted by Gasteiger charge is -2.08. The summed E-state index contributed by atoms with van der Waals surface area (Å²) in [6.07, 6.45) is 1.74. The van der Waals surface area contributed by atoms with Crippen molar-refractivity contribution in [2.75, 3.05) is 25.3 Å². The number of pyridine rings is 1. The van der Waals surface area contributed by atoms with E-state index in [0.29, 0.717) is 36.5 Å². The van der Waals surface area contributed by atoms with Crippen LogP contribution < -0.4 is 15.8 Å². The quantitative estimate of drug-likeness (QED) is 0.818. The van der Waals surface area contributed by atoms with Crippen LogP contribution in [0.25, 0.3) is 0 Å². The van der Waals surface area contributed by atoms with Crippen LogP contribution in [0.4, 0.5) is 11.6 Å². The molecule has 20 heavy (non-hydrogen) atoms. The number of anilines is 2. The van der Waals surface area contributed by atoms with Gasteiger partial charge in [0, 0.05) is 32.0 Å². The highest BCUT2D eigenvalue weighted by atomic mass is 16.5. The average molecular weight is 275 g/mol. The molecule has 0 saturated carbocycles. The smallest absolute Gasteiger partial charge is 0.212 e. The number of nitrogen functional groups attached to an aromatic ring is 1. The monoisotopic (exact) mass is 275 g/mol. The molecular formula is C13H17N5O2. The first-order valence-corrected chi connectivity index (χ1v) is 6.06. The van der Waals surface area contributed by atoms with Gasteiger partial charge in [-0.2, -0.15) is 0 Å². The minimum Gasteiger partial charge on any atom is -0.481 e. The van der Waals surface area contributed by atoms with E-state index in [2.05, 4.69) is 20.3 Å². The van der Waals surface area contributed by atoms with E-state index in [0.717, 1.165) is 5.56 Å². The number of hydrogen-bond donors (Lipinski definition) is 2. The van der Waals surface area contributed by atoms with Crippen LogP contribution in [0.3, 0.4) is 0 Å². The summed E-state index contributed by atoms with van der Waals surface area (Å²) in [4.78, 5) is 12.5. The number of nitrogens with zero attached hydrogens (tertiary/aromatic N) is 3. The Morgan fingerprint density at radius 3 is 2.75 bits per heavy atom. The van der Waals surface area contributed by atoms with Crippen LogP contribution in [0.15, 0.2) is 24.4 Å². The summed E-state index contributed by atoms with van der Waals surface area (Å²) in [5.74, 6) is 2.19. The molecule has 0 aromatic carbocycles. The van der Waals surface area contributed by atoms with Crippen molar-refractivity contribution in [1.82, 2.24) is 15.0 Å². The van der Waals surface area contributed by atoms with Gasteiger partial charge in [0.15, 0.2) is 5.82 Å². The summed E-state index contributed by atoms with van der Waals surface area (Å²) in [5.41, 5.74) is 6.73. The van der Waals surface area contributed by atoms with Gasteiger partial charge in [-0.3, -0.25) is 0 Å². The second-order valence-electron chi connectivity index (χ2n) is 4.09. The molecule has 0 saturated heterocycles. The Morgan fingerprint density at radius 2 is 2.10 bits per heavy atom. The van der Waals surface area contributed by atoms with Gasteiger partial charge in [-0.05, 0) is 5.56 Å². The predicted octanol–water partition coefficient (Wildman–Crippen LogP) is 1.22. The van der Waals surface area contributed by atoms with Crippen molar-refractivity contribution in [2.45, 2.75) is 13.2 Å². The molecule has 106 valence electrons. The van der Waals surface area contributed by atoms with E-state index in [1.807, 2.05) is 12.1 Å². The highest BCUT2D eigenvalue weighted by Gasteiger charge is 2.03. The maximum atomic E-state index is 5.72. The van der Waals surface area contributed by atoms with Crippen molar-refractivity contribution in [3.63, 3.8) is 0 Å². The topological polar surface area (TPSA) is 95.2 Å². The van der Waals surface area contributed by atoms with Crippen LogP contribution >= 0.6 is 0 Å². The van der Waals surface area contributed by atoms with E-state index < -0.39 is 0 Å². The zero-order chi connectivity index (χ0) is 14.4. The molecular weight excluding hydrogens is 258 g/mol. The van der Waals surface area contributed by atoms with Crippen molar-refractivity contribution < 1.29 is 9.47 Å². The fraction of sp³-hybridized carbons (Fsp3) is 0.308. The van der Waals surface area contributed by atoms with Crippen LogP contribution in [0.1, 0.15) is 11.4 Å². The first kappa shape index (κ1) is 14.0. The predicted molar refractivity (Wildman–Crippen MR) is 75.3 cm³/mol. The molecule has 7 nitrogen and oxygen atoms in total. The number of nitrogens with one attached hydrogen (secondary N) is 1. The summed E-state index contributed by atoms with van der Waals surface area (Å²) < 4.78 is 10.0. The minimum atomic E-state index is 0.323. The Hall–Kier alpha value is -2.41. The standard InChI is InChI=1S/C13H17N5O2/c1-19-8-12-17-10(14)5-11(18-12)15-6-9-3-4-13(20-2)16-7-9/h3-5,7H,6,8H2,1-2H3,(H3,14,15,17,18). The van der Waals surface area contributed by atoms with E-state index in [4.69, 9.17) is 15.2 Å². The third-order valence-corrected chi connectivity index (χ3v) is 2.55. The molecule has 0 radical (unpaired) electrons. The maximum absolute atomic E-state index is 5.72. The Kier molecular flexibility index (Phi) is 4.67. The highest BCUT2D eigenvalue weighted by Crippen LogP contribution is 2.12. The van der Waals surface area contributed by atoms with Crippen LogP contribution in [-0.4, -0.2) is 29.2 Å². The van der Waals surface area contributed by atoms with E-state index in [9.17, 15) is 0 Å². The Balaban J connectivity index is 2.02. The SMILES string of the molecule is COCc1nc(N)cc(NCc2ccc(OC)nc2)n1. The summed E-state index contributed by atoms with van der Waals surface area (Å²) in [5, 5.41) is 3.17. The molecule has 0 unspecified atom stereocenters. The van der Waals surface area contributed by atoms with Gasteiger partial charge < -0.3 is 20.5 Å². The summed E-state index contributed by atoms with van der Waals surface area (Å²) >= 11 is 0. The lowest BCUT2D eigenvalue weighted by atomic mass is 10.3. The molecule has 0 amide bonds. The second-order valence-corrected chi connectivity index (χ2v) is 4.09. The van der Waals surface area contributed by atoms with Crippen LogP contribution in [-0.2, 0) is 17.9 Å². The molecule has 3 N–H and O–H groups in total. The summed E-state index contributed by atoms with van der Waals surface area (Å²) in [7, 11) is 3.17. The zero-order valence-electron chi connectivity index (χ0n) is 11.5. The zero-order valence-corrected chi connectivity index (χ0v) is 11.5. The number of rotatable bonds is 6. The van der Waals surface area contributed by atoms with Crippen molar-refractivity contribution in [3.05, 3.63) is 35.8 Å². The lowest BCUT2D eigenvalue weighted by molar-refractivity contribution is 0.178.